The van der Waals surface area contributed by atoms with E-state index in [1.807, 2.05) is 18.7 Å². The number of nitrogens with zero attached hydrogens (tertiary/aromatic N) is 1. The van der Waals surface area contributed by atoms with Gasteiger partial charge in [0.15, 0.2) is 0 Å². The van der Waals surface area contributed by atoms with Crippen LogP contribution in [0.5, 0.6) is 11.5 Å². The van der Waals surface area contributed by atoms with Crippen molar-refractivity contribution >= 4 is 21.6 Å². The molecule has 0 unspecified atom stereocenters. The van der Waals surface area contributed by atoms with Crippen LogP contribution in [0.25, 0.3) is 0 Å². The first-order valence-corrected chi connectivity index (χ1v) is 12.3. The van der Waals surface area contributed by atoms with Crippen molar-refractivity contribution in [1.29, 1.82) is 0 Å². The molecule has 0 saturated carbocycles. The molecule has 7 nitrogen and oxygen atoms in total. The molecule has 1 fully saturated rings. The van der Waals surface area contributed by atoms with Crippen molar-refractivity contribution in [3.63, 3.8) is 0 Å². The predicted molar refractivity (Wildman–Crippen MR) is 125 cm³/mol. The minimum Gasteiger partial charge on any atom is -0.496 e. The van der Waals surface area contributed by atoms with Gasteiger partial charge in [-0.3, -0.25) is 9.52 Å². The zero-order valence-electron chi connectivity index (χ0n) is 19.6. The Bertz CT molecular complexity index is 1130. The summed E-state index contributed by atoms with van der Waals surface area (Å²) >= 11 is 0. The fraction of sp³-hybridized carbons (Fsp3) is 0.458. The second-order valence-electron chi connectivity index (χ2n) is 8.27. The molecular weight excluding hydrogens is 428 g/mol. The van der Waals surface area contributed by atoms with Crippen LogP contribution >= 0.6 is 0 Å². The lowest BCUT2D eigenvalue weighted by Crippen LogP contribution is -2.42. The molecule has 8 heteroatoms. The van der Waals surface area contributed by atoms with Crippen LogP contribution < -0.4 is 14.2 Å². The number of anilines is 1. The van der Waals surface area contributed by atoms with Crippen LogP contribution in [0, 0.1) is 20.8 Å². The summed E-state index contributed by atoms with van der Waals surface area (Å²) in [5.41, 5.74) is 2.52. The van der Waals surface area contributed by atoms with Gasteiger partial charge in [-0.05, 0) is 70.2 Å². The van der Waals surface area contributed by atoms with E-state index >= 15 is 0 Å². The van der Waals surface area contributed by atoms with E-state index in [0.717, 1.165) is 24.8 Å². The van der Waals surface area contributed by atoms with Crippen LogP contribution in [0.1, 0.15) is 53.2 Å². The summed E-state index contributed by atoms with van der Waals surface area (Å²) in [4.78, 5) is 15.1. The lowest BCUT2D eigenvalue weighted by Gasteiger charge is -2.34. The molecule has 1 amide bonds. The molecule has 1 atom stereocenters. The van der Waals surface area contributed by atoms with Gasteiger partial charge >= 0.3 is 0 Å². The van der Waals surface area contributed by atoms with Gasteiger partial charge in [-0.25, -0.2) is 8.42 Å². The Hall–Kier alpha value is -2.74. The number of methoxy groups -OCH3 is 2. The molecule has 0 spiro atoms. The topological polar surface area (TPSA) is 84.9 Å². The molecule has 0 bridgehead atoms. The van der Waals surface area contributed by atoms with Crippen molar-refractivity contribution in [1.82, 2.24) is 4.90 Å². The van der Waals surface area contributed by atoms with Crippen LogP contribution in [-0.2, 0) is 10.0 Å². The number of piperidine rings is 1. The summed E-state index contributed by atoms with van der Waals surface area (Å²) in [6, 6.07) is 6.84. The van der Waals surface area contributed by atoms with Crippen LogP contribution in [0.2, 0.25) is 0 Å². The van der Waals surface area contributed by atoms with Crippen molar-refractivity contribution in [2.24, 2.45) is 0 Å². The van der Waals surface area contributed by atoms with Gasteiger partial charge in [-0.1, -0.05) is 12.1 Å². The summed E-state index contributed by atoms with van der Waals surface area (Å²) in [6.45, 7) is 8.04. The molecule has 0 aromatic heterocycles. The predicted octanol–water partition coefficient (Wildman–Crippen LogP) is 4.44. The average Bonchev–Trinajstić information content (AvgIpc) is 2.76. The van der Waals surface area contributed by atoms with Gasteiger partial charge in [-0.2, -0.15) is 0 Å². The number of nitrogens with one attached hydrogen (secondary N) is 1. The SMILES string of the molecule is COc1c(C)c(C)c(OC)c(S(=O)(=O)Nc2ccccc2C(=O)N2CCCC[C@@H]2C)c1C. The minimum atomic E-state index is -4.08. The second kappa shape index (κ2) is 9.40. The Labute approximate surface area is 190 Å². The van der Waals surface area contributed by atoms with E-state index < -0.39 is 10.0 Å². The molecule has 0 radical (unpaired) electrons. The highest BCUT2D eigenvalue weighted by atomic mass is 32.2. The van der Waals surface area contributed by atoms with E-state index in [1.54, 1.807) is 38.1 Å². The van der Waals surface area contributed by atoms with E-state index in [-0.39, 0.29) is 28.3 Å². The Morgan fingerprint density at radius 2 is 1.62 bits per heavy atom. The third-order valence-electron chi connectivity index (χ3n) is 6.27. The number of hydrogen-bond donors (Lipinski definition) is 1. The van der Waals surface area contributed by atoms with E-state index in [4.69, 9.17) is 9.47 Å². The maximum absolute atomic E-state index is 13.6. The van der Waals surface area contributed by atoms with Crippen LogP contribution in [0.3, 0.4) is 0 Å². The molecule has 1 heterocycles. The average molecular weight is 461 g/mol. The number of ether oxygens (including phenoxy) is 2. The van der Waals surface area contributed by atoms with Crippen LogP contribution in [-0.4, -0.2) is 46.0 Å². The van der Waals surface area contributed by atoms with E-state index in [1.165, 1.54) is 14.2 Å². The number of rotatable bonds is 6. The normalized spacial score (nSPS) is 16.6. The summed E-state index contributed by atoms with van der Waals surface area (Å²) < 4.78 is 40.8. The fourth-order valence-electron chi connectivity index (χ4n) is 4.45. The highest BCUT2D eigenvalue weighted by molar-refractivity contribution is 7.93. The number of likely N-dealkylation sites (tertiary alicyclic amines) is 1. The smallest absolute Gasteiger partial charge is 0.266 e. The van der Waals surface area contributed by atoms with Gasteiger partial charge in [0.05, 0.1) is 25.5 Å². The van der Waals surface area contributed by atoms with Gasteiger partial charge < -0.3 is 14.4 Å². The zero-order chi connectivity index (χ0) is 23.6. The first-order chi connectivity index (χ1) is 15.1. The van der Waals surface area contributed by atoms with Gasteiger partial charge in [-0.15, -0.1) is 0 Å². The molecule has 174 valence electrons. The molecule has 1 aliphatic heterocycles. The molecule has 2 aromatic carbocycles. The number of para-hydroxylation sites is 1. The lowest BCUT2D eigenvalue weighted by atomic mass is 10.0. The maximum Gasteiger partial charge on any atom is 0.266 e. The van der Waals surface area contributed by atoms with Crippen LogP contribution in [0.15, 0.2) is 29.2 Å². The summed E-state index contributed by atoms with van der Waals surface area (Å²) in [7, 11) is -1.13. The van der Waals surface area contributed by atoms with Gasteiger partial charge in [0.25, 0.3) is 15.9 Å². The Balaban J connectivity index is 2.08. The third kappa shape index (κ3) is 4.28. The first-order valence-electron chi connectivity index (χ1n) is 10.8. The Kier molecular flexibility index (Phi) is 7.03. The molecule has 1 N–H and O–H groups in total. The number of sulfonamides is 1. The quantitative estimate of drug-likeness (QED) is 0.689. The zero-order valence-corrected chi connectivity index (χ0v) is 20.4. The van der Waals surface area contributed by atoms with Crippen molar-refractivity contribution in [3.05, 3.63) is 46.5 Å². The number of hydrogen-bond acceptors (Lipinski definition) is 5. The highest BCUT2D eigenvalue weighted by Gasteiger charge is 2.31. The van der Waals surface area contributed by atoms with Gasteiger partial charge in [0.2, 0.25) is 0 Å². The third-order valence-corrected chi connectivity index (χ3v) is 7.79. The molecule has 1 aliphatic rings. The molecule has 3 rings (SSSR count). The lowest BCUT2D eigenvalue weighted by molar-refractivity contribution is 0.0636. The number of amides is 1. The Morgan fingerprint density at radius 1 is 1.00 bits per heavy atom. The summed E-state index contributed by atoms with van der Waals surface area (Å²) in [5.74, 6) is 0.591. The molecule has 1 saturated heterocycles. The summed E-state index contributed by atoms with van der Waals surface area (Å²) in [5, 5.41) is 0. The Morgan fingerprint density at radius 3 is 2.25 bits per heavy atom. The van der Waals surface area contributed by atoms with Crippen LogP contribution in [0.4, 0.5) is 5.69 Å². The molecular formula is C24H32N2O5S. The van der Waals surface area contributed by atoms with Crippen molar-refractivity contribution < 1.29 is 22.7 Å². The van der Waals surface area contributed by atoms with E-state index in [9.17, 15) is 13.2 Å². The molecule has 0 aliphatic carbocycles. The van der Waals surface area contributed by atoms with Crippen molar-refractivity contribution in [3.8, 4) is 11.5 Å². The standard InChI is InChI=1S/C24H32N2O5S/c1-15-11-9-10-14-26(15)24(27)19-12-7-8-13-20(19)25-32(28,29)23-18(4)21(30-5)16(2)17(3)22(23)31-6/h7-8,12-13,15,25H,9-11,14H2,1-6H3/t15-/m0/s1. The van der Waals surface area contributed by atoms with Crippen molar-refractivity contribution in [2.45, 2.75) is 57.9 Å². The monoisotopic (exact) mass is 460 g/mol. The highest BCUT2D eigenvalue weighted by Crippen LogP contribution is 2.41. The first kappa shape index (κ1) is 23.9. The van der Waals surface area contributed by atoms with E-state index in [0.29, 0.717) is 29.0 Å². The number of carbonyl (C=O) groups is 1. The number of carbonyl (C=O) groups excluding carboxylic acids is 1. The minimum absolute atomic E-state index is 0.00791. The maximum atomic E-state index is 13.6. The number of benzene rings is 2. The summed E-state index contributed by atoms with van der Waals surface area (Å²) in [6.07, 6.45) is 2.98. The molecule has 2 aromatic rings. The van der Waals surface area contributed by atoms with Crippen molar-refractivity contribution in [2.75, 3.05) is 25.5 Å². The largest absolute Gasteiger partial charge is 0.496 e. The van der Waals surface area contributed by atoms with Gasteiger partial charge in [0, 0.05) is 18.2 Å². The van der Waals surface area contributed by atoms with Gasteiger partial charge in [0.1, 0.15) is 16.4 Å². The fourth-order valence-corrected chi connectivity index (χ4v) is 6.00. The molecule has 32 heavy (non-hydrogen) atoms. The second-order valence-corrected chi connectivity index (χ2v) is 9.88. The van der Waals surface area contributed by atoms with E-state index in [2.05, 4.69) is 4.72 Å².